The summed E-state index contributed by atoms with van der Waals surface area (Å²) in [4.78, 5) is 25.4. The third-order valence-electron chi connectivity index (χ3n) is 7.39. The lowest BCUT2D eigenvalue weighted by atomic mass is 10.1. The van der Waals surface area contributed by atoms with Gasteiger partial charge in [-0.3, -0.25) is 9.69 Å². The highest BCUT2D eigenvalue weighted by Crippen LogP contribution is 2.52. The van der Waals surface area contributed by atoms with E-state index in [2.05, 4.69) is 44.5 Å². The van der Waals surface area contributed by atoms with Gasteiger partial charge in [-0.2, -0.15) is 0 Å². The highest BCUT2D eigenvalue weighted by Gasteiger charge is 2.59. The summed E-state index contributed by atoms with van der Waals surface area (Å²) in [5.41, 5.74) is 4.45. The highest BCUT2D eigenvalue weighted by molar-refractivity contribution is 5.95. The third kappa shape index (κ3) is 4.63. The summed E-state index contributed by atoms with van der Waals surface area (Å²) in [6.07, 6.45) is 5.16. The van der Waals surface area contributed by atoms with E-state index in [1.807, 2.05) is 17.3 Å². The number of rotatable bonds is 6. The molecule has 3 aliphatic rings. The van der Waals surface area contributed by atoms with E-state index in [1.54, 1.807) is 12.1 Å². The molecule has 2 unspecified atom stereocenters. The lowest BCUT2D eigenvalue weighted by Gasteiger charge is -2.29. The van der Waals surface area contributed by atoms with Gasteiger partial charge in [0.15, 0.2) is 0 Å². The molecule has 7 nitrogen and oxygen atoms in total. The van der Waals surface area contributed by atoms with E-state index in [0.29, 0.717) is 49.5 Å². The molecule has 2 aromatic carbocycles. The smallest absolute Gasteiger partial charge is 0.228 e. The van der Waals surface area contributed by atoms with E-state index < -0.39 is 0 Å². The molecule has 8 heteroatoms. The van der Waals surface area contributed by atoms with Crippen molar-refractivity contribution in [3.05, 3.63) is 72.6 Å². The molecule has 1 N–H and O–H groups in total. The predicted molar refractivity (Wildman–Crippen MR) is 131 cm³/mol. The number of amides is 1. The Balaban J connectivity index is 1.00. The maximum Gasteiger partial charge on any atom is 0.228 e. The quantitative estimate of drug-likeness (QED) is 0.592. The van der Waals surface area contributed by atoms with Crippen molar-refractivity contribution in [2.75, 3.05) is 49.6 Å². The van der Waals surface area contributed by atoms with Crippen LogP contribution in [0.3, 0.4) is 0 Å². The molecule has 1 aromatic heterocycles. The number of benzene rings is 2. The zero-order chi connectivity index (χ0) is 23.8. The second-order valence-electron chi connectivity index (χ2n) is 9.63. The molecule has 0 spiro atoms. The molecule has 1 aliphatic carbocycles. The van der Waals surface area contributed by atoms with Crippen LogP contribution in [0.4, 0.5) is 15.8 Å². The van der Waals surface area contributed by atoms with E-state index >= 15 is 0 Å². The summed E-state index contributed by atoms with van der Waals surface area (Å²) in [5.74, 6) is 0.486. The maximum atomic E-state index is 14.7. The minimum absolute atomic E-state index is 0.00704. The largest absolute Gasteiger partial charge is 0.378 e. The number of halogens is 1. The van der Waals surface area contributed by atoms with Crippen LogP contribution in [-0.4, -0.2) is 60.2 Å². The standard InChI is InChI=1S/C27H28FN5O2/c28-24-11-21(5-6-25(24)33-7-9-35-10-8-33)31-27(34)26-22-15-32(16-23(22)26)14-18-1-3-19(4-2-18)20-12-29-17-30-13-20/h1-6,11-13,17,22-23,26H,7-10,14-16H2,(H,31,34). The lowest BCUT2D eigenvalue weighted by molar-refractivity contribution is -0.118. The van der Waals surface area contributed by atoms with Crippen LogP contribution in [0.25, 0.3) is 11.1 Å². The number of nitrogens with zero attached hydrogens (tertiary/aromatic N) is 4. The number of likely N-dealkylation sites (tertiary alicyclic amines) is 1. The summed E-state index contributed by atoms with van der Waals surface area (Å²) in [7, 11) is 0. The lowest BCUT2D eigenvalue weighted by Crippen LogP contribution is -2.36. The first-order valence-electron chi connectivity index (χ1n) is 12.2. The van der Waals surface area contributed by atoms with E-state index in [4.69, 9.17) is 4.74 Å². The summed E-state index contributed by atoms with van der Waals surface area (Å²) < 4.78 is 20.0. The zero-order valence-electron chi connectivity index (χ0n) is 19.4. The van der Waals surface area contributed by atoms with Crippen LogP contribution < -0.4 is 10.2 Å². The van der Waals surface area contributed by atoms with Crippen LogP contribution in [0.15, 0.2) is 61.2 Å². The van der Waals surface area contributed by atoms with E-state index in [-0.39, 0.29) is 17.6 Å². The summed E-state index contributed by atoms with van der Waals surface area (Å²) >= 11 is 0. The number of fused-ring (bicyclic) bond motifs is 1. The average molecular weight is 474 g/mol. The van der Waals surface area contributed by atoms with Gasteiger partial charge in [0.05, 0.1) is 18.9 Å². The highest BCUT2D eigenvalue weighted by atomic mass is 19.1. The molecule has 3 heterocycles. The Bertz CT molecular complexity index is 1190. The van der Waals surface area contributed by atoms with E-state index in [0.717, 1.165) is 30.8 Å². The van der Waals surface area contributed by atoms with Gasteiger partial charge in [-0.25, -0.2) is 14.4 Å². The number of carbonyl (C=O) groups is 1. The van der Waals surface area contributed by atoms with Crippen molar-refractivity contribution in [3.63, 3.8) is 0 Å². The van der Waals surface area contributed by atoms with Gasteiger partial charge in [0.1, 0.15) is 12.1 Å². The fraction of sp³-hybridized carbons (Fsp3) is 0.370. The number of hydrogen-bond donors (Lipinski definition) is 1. The number of aromatic nitrogens is 2. The van der Waals surface area contributed by atoms with Crippen LogP contribution in [0.5, 0.6) is 0 Å². The Morgan fingerprint density at radius 2 is 1.71 bits per heavy atom. The molecule has 0 bridgehead atoms. The van der Waals surface area contributed by atoms with E-state index in [1.165, 1.54) is 18.0 Å². The van der Waals surface area contributed by atoms with Gasteiger partial charge in [-0.05, 0) is 41.2 Å². The molecule has 0 radical (unpaired) electrons. The number of hydrogen-bond acceptors (Lipinski definition) is 6. The van der Waals surface area contributed by atoms with Gasteiger partial charge in [0.2, 0.25) is 5.91 Å². The number of morpholine rings is 1. The Labute approximate surface area is 203 Å². The SMILES string of the molecule is O=C(Nc1ccc(N2CCOCC2)c(F)c1)C1C2CN(Cc3ccc(-c4cncnc4)cc3)CC21. The van der Waals surface area contributed by atoms with Crippen molar-refractivity contribution in [1.29, 1.82) is 0 Å². The van der Waals surface area contributed by atoms with Gasteiger partial charge in [0.25, 0.3) is 0 Å². The van der Waals surface area contributed by atoms with E-state index in [9.17, 15) is 9.18 Å². The second-order valence-corrected chi connectivity index (χ2v) is 9.63. The van der Waals surface area contributed by atoms with Crippen LogP contribution >= 0.6 is 0 Å². The minimum Gasteiger partial charge on any atom is -0.378 e. The summed E-state index contributed by atoms with van der Waals surface area (Å²) in [6.45, 7) is 5.28. The molecule has 35 heavy (non-hydrogen) atoms. The Hall–Kier alpha value is -3.36. The number of ether oxygens (including phenoxy) is 1. The number of carbonyl (C=O) groups excluding carboxylic acids is 1. The van der Waals surface area contributed by atoms with Crippen molar-refractivity contribution in [2.45, 2.75) is 6.54 Å². The molecule has 180 valence electrons. The minimum atomic E-state index is -0.308. The molecule has 2 saturated heterocycles. The molecule has 3 fully saturated rings. The predicted octanol–water partition coefficient (Wildman–Crippen LogP) is 3.44. The van der Waals surface area contributed by atoms with Crippen LogP contribution in [-0.2, 0) is 16.1 Å². The van der Waals surface area contributed by atoms with Gasteiger partial charge < -0.3 is 15.0 Å². The van der Waals surface area contributed by atoms with Crippen LogP contribution in [0.2, 0.25) is 0 Å². The molecular formula is C27H28FN5O2. The Morgan fingerprint density at radius 1 is 1.00 bits per heavy atom. The molecule has 1 amide bonds. The molecule has 2 aliphatic heterocycles. The van der Waals surface area contributed by atoms with Crippen molar-refractivity contribution in [1.82, 2.24) is 14.9 Å². The van der Waals surface area contributed by atoms with Crippen molar-refractivity contribution in [2.24, 2.45) is 17.8 Å². The fourth-order valence-corrected chi connectivity index (χ4v) is 5.51. The van der Waals surface area contributed by atoms with Crippen LogP contribution in [0.1, 0.15) is 5.56 Å². The van der Waals surface area contributed by atoms with Gasteiger partial charge in [-0.1, -0.05) is 24.3 Å². The molecular weight excluding hydrogens is 445 g/mol. The maximum absolute atomic E-state index is 14.7. The summed E-state index contributed by atoms with van der Waals surface area (Å²) in [5, 5.41) is 2.94. The fourth-order valence-electron chi connectivity index (χ4n) is 5.51. The van der Waals surface area contributed by atoms with Crippen molar-refractivity contribution in [3.8, 4) is 11.1 Å². The molecule has 3 aromatic rings. The number of anilines is 2. The van der Waals surface area contributed by atoms with Crippen molar-refractivity contribution >= 4 is 17.3 Å². The third-order valence-corrected chi connectivity index (χ3v) is 7.39. The number of nitrogens with one attached hydrogen (secondary N) is 1. The first-order valence-corrected chi connectivity index (χ1v) is 12.2. The first kappa shape index (κ1) is 22.1. The molecule has 6 rings (SSSR count). The monoisotopic (exact) mass is 473 g/mol. The Kier molecular flexibility index (Phi) is 5.91. The average Bonchev–Trinajstić information content (AvgIpc) is 3.41. The van der Waals surface area contributed by atoms with Crippen LogP contribution in [0, 0.1) is 23.6 Å². The molecule has 2 atom stereocenters. The Morgan fingerprint density at radius 3 is 2.40 bits per heavy atom. The molecule has 1 saturated carbocycles. The second kappa shape index (κ2) is 9.36. The zero-order valence-corrected chi connectivity index (χ0v) is 19.4. The number of piperidine rings is 1. The van der Waals surface area contributed by atoms with Gasteiger partial charge in [-0.15, -0.1) is 0 Å². The topological polar surface area (TPSA) is 70.6 Å². The van der Waals surface area contributed by atoms with Gasteiger partial charge in [0, 0.05) is 62.3 Å². The first-order chi connectivity index (χ1) is 17.2. The van der Waals surface area contributed by atoms with Crippen molar-refractivity contribution < 1.29 is 13.9 Å². The summed E-state index contributed by atoms with van der Waals surface area (Å²) in [6, 6.07) is 13.5. The van der Waals surface area contributed by atoms with Gasteiger partial charge >= 0.3 is 0 Å². The normalized spacial score (nSPS) is 23.7.